The molecule has 1 aromatic rings. The number of nitrogens with two attached hydrogens (primary N) is 1. The van der Waals surface area contributed by atoms with Crippen LogP contribution in [0.5, 0.6) is 0 Å². The molecule has 0 bridgehead atoms. The normalized spacial score (nSPS) is 16.0. The molecule has 7 heteroatoms. The summed E-state index contributed by atoms with van der Waals surface area (Å²) in [6, 6.07) is 5.75. The van der Waals surface area contributed by atoms with Gasteiger partial charge in [0.1, 0.15) is 11.6 Å². The first-order valence-electron chi connectivity index (χ1n) is 7.69. The maximum atomic E-state index is 12.4. The molecule has 7 nitrogen and oxygen atoms in total. The zero-order valence-electron chi connectivity index (χ0n) is 13.1. The zero-order chi connectivity index (χ0) is 16.5. The van der Waals surface area contributed by atoms with E-state index in [0.717, 1.165) is 25.2 Å². The number of nitriles is 1. The molecule has 0 unspecified atom stereocenters. The van der Waals surface area contributed by atoms with Crippen LogP contribution in [0.25, 0.3) is 0 Å². The van der Waals surface area contributed by atoms with Crippen LogP contribution in [0, 0.1) is 11.3 Å². The Morgan fingerprint density at radius 2 is 2.22 bits per heavy atom. The molecule has 0 spiro atoms. The van der Waals surface area contributed by atoms with E-state index in [4.69, 9.17) is 5.73 Å². The van der Waals surface area contributed by atoms with Crippen molar-refractivity contribution in [3.63, 3.8) is 0 Å². The van der Waals surface area contributed by atoms with E-state index < -0.39 is 0 Å². The first-order valence-corrected chi connectivity index (χ1v) is 7.69. The fraction of sp³-hybridized carbons (Fsp3) is 0.438. The average molecular weight is 314 g/mol. The number of piperazine rings is 1. The molecule has 122 valence electrons. The van der Waals surface area contributed by atoms with Gasteiger partial charge < -0.3 is 16.0 Å². The smallest absolute Gasteiger partial charge is 0.266 e. The monoisotopic (exact) mass is 314 g/mol. The van der Waals surface area contributed by atoms with Gasteiger partial charge in [0, 0.05) is 64.4 Å². The summed E-state index contributed by atoms with van der Waals surface area (Å²) in [5, 5.41) is 12.2. The summed E-state index contributed by atoms with van der Waals surface area (Å²) in [5.74, 6) is -0.224. The quantitative estimate of drug-likeness (QED) is 0.552. The summed E-state index contributed by atoms with van der Waals surface area (Å²) in [6.45, 7) is 4.83. The lowest BCUT2D eigenvalue weighted by Crippen LogP contribution is -2.50. The van der Waals surface area contributed by atoms with Crippen LogP contribution in [0.15, 0.2) is 36.3 Å². The van der Waals surface area contributed by atoms with Gasteiger partial charge in [-0.3, -0.25) is 14.7 Å². The second kappa shape index (κ2) is 8.88. The van der Waals surface area contributed by atoms with Crippen molar-refractivity contribution in [3.05, 3.63) is 41.9 Å². The molecule has 2 heterocycles. The molecule has 0 radical (unpaired) electrons. The number of nitrogens with zero attached hydrogens (tertiary/aromatic N) is 4. The SMILES string of the molecule is N#C/C(=C/NCc1cccnc1)C(=O)N1CCN(CCN)CC1. The Kier molecular flexibility index (Phi) is 6.54. The predicted molar refractivity (Wildman–Crippen MR) is 86.8 cm³/mol. The van der Waals surface area contributed by atoms with Crippen LogP contribution in [0.1, 0.15) is 5.56 Å². The highest BCUT2D eigenvalue weighted by Gasteiger charge is 2.23. The Balaban J connectivity index is 1.86. The summed E-state index contributed by atoms with van der Waals surface area (Å²) in [4.78, 5) is 20.3. The Labute approximate surface area is 136 Å². The lowest BCUT2D eigenvalue weighted by Gasteiger charge is -2.34. The van der Waals surface area contributed by atoms with Crippen LogP contribution in [-0.4, -0.2) is 60.0 Å². The van der Waals surface area contributed by atoms with Gasteiger partial charge in [-0.15, -0.1) is 0 Å². The van der Waals surface area contributed by atoms with E-state index in [0.29, 0.717) is 26.2 Å². The molecule has 1 aromatic heterocycles. The number of pyridine rings is 1. The van der Waals surface area contributed by atoms with Crippen LogP contribution in [0.4, 0.5) is 0 Å². The molecule has 0 aromatic carbocycles. The number of carbonyl (C=O) groups is 1. The first kappa shape index (κ1) is 16.9. The van der Waals surface area contributed by atoms with Crippen LogP contribution in [-0.2, 0) is 11.3 Å². The Morgan fingerprint density at radius 1 is 1.43 bits per heavy atom. The van der Waals surface area contributed by atoms with Gasteiger partial charge in [-0.1, -0.05) is 6.07 Å². The summed E-state index contributed by atoms with van der Waals surface area (Å²) >= 11 is 0. The standard InChI is InChI=1S/C16H22N6O/c17-3-5-21-6-8-22(9-7-21)16(23)15(10-18)13-20-12-14-2-1-4-19-11-14/h1-2,4,11,13,20H,3,5-9,12,17H2/b15-13-. The fourth-order valence-electron chi connectivity index (χ4n) is 2.44. The minimum atomic E-state index is -0.224. The van der Waals surface area contributed by atoms with E-state index in [2.05, 4.69) is 15.2 Å². The lowest BCUT2D eigenvalue weighted by molar-refractivity contribution is -0.128. The van der Waals surface area contributed by atoms with Gasteiger partial charge in [-0.2, -0.15) is 5.26 Å². The molecule has 23 heavy (non-hydrogen) atoms. The molecule has 0 saturated carbocycles. The van der Waals surface area contributed by atoms with Crippen molar-refractivity contribution in [3.8, 4) is 6.07 Å². The third kappa shape index (κ3) is 5.06. The van der Waals surface area contributed by atoms with E-state index in [9.17, 15) is 10.1 Å². The van der Waals surface area contributed by atoms with Gasteiger partial charge in [0.2, 0.25) is 0 Å². The molecular weight excluding hydrogens is 292 g/mol. The van der Waals surface area contributed by atoms with Gasteiger partial charge in [0.05, 0.1) is 0 Å². The Bertz CT molecular complexity index is 572. The van der Waals surface area contributed by atoms with Crippen molar-refractivity contribution in [2.75, 3.05) is 39.3 Å². The van der Waals surface area contributed by atoms with Crippen molar-refractivity contribution in [2.45, 2.75) is 6.54 Å². The van der Waals surface area contributed by atoms with E-state index in [1.54, 1.807) is 17.3 Å². The highest BCUT2D eigenvalue weighted by Crippen LogP contribution is 2.06. The van der Waals surface area contributed by atoms with Gasteiger partial charge in [-0.25, -0.2) is 0 Å². The highest BCUT2D eigenvalue weighted by atomic mass is 16.2. The number of amides is 1. The first-order chi connectivity index (χ1) is 11.2. The van der Waals surface area contributed by atoms with Crippen molar-refractivity contribution < 1.29 is 4.79 Å². The molecule has 1 aliphatic heterocycles. The van der Waals surface area contributed by atoms with Crippen molar-refractivity contribution >= 4 is 5.91 Å². The highest BCUT2D eigenvalue weighted by molar-refractivity contribution is 5.97. The minimum absolute atomic E-state index is 0.126. The molecule has 1 fully saturated rings. The molecule has 1 amide bonds. The molecule has 1 aliphatic rings. The molecule has 1 saturated heterocycles. The number of aromatic nitrogens is 1. The second-order valence-electron chi connectivity index (χ2n) is 5.33. The van der Waals surface area contributed by atoms with E-state index in [1.165, 1.54) is 6.20 Å². The number of carbonyl (C=O) groups excluding carboxylic acids is 1. The summed E-state index contributed by atoms with van der Waals surface area (Å²) in [5.41, 5.74) is 6.66. The average Bonchev–Trinajstić information content (AvgIpc) is 2.60. The topological polar surface area (TPSA) is 98.3 Å². The fourth-order valence-corrected chi connectivity index (χ4v) is 2.44. The maximum absolute atomic E-state index is 12.4. The number of rotatable bonds is 6. The Hall–Kier alpha value is -2.43. The molecular formula is C16H22N6O. The second-order valence-corrected chi connectivity index (χ2v) is 5.33. The molecule has 0 atom stereocenters. The zero-order valence-corrected chi connectivity index (χ0v) is 13.1. The van der Waals surface area contributed by atoms with E-state index >= 15 is 0 Å². The van der Waals surface area contributed by atoms with Crippen LogP contribution >= 0.6 is 0 Å². The van der Waals surface area contributed by atoms with Gasteiger partial charge in [-0.05, 0) is 11.6 Å². The van der Waals surface area contributed by atoms with Crippen LogP contribution < -0.4 is 11.1 Å². The van der Waals surface area contributed by atoms with E-state index in [1.807, 2.05) is 18.2 Å². The summed E-state index contributed by atoms with van der Waals surface area (Å²) in [7, 11) is 0. The maximum Gasteiger partial charge on any atom is 0.266 e. The van der Waals surface area contributed by atoms with Crippen LogP contribution in [0.3, 0.4) is 0 Å². The third-order valence-corrected chi connectivity index (χ3v) is 3.73. The van der Waals surface area contributed by atoms with Gasteiger partial charge in [0.25, 0.3) is 5.91 Å². The van der Waals surface area contributed by atoms with Crippen molar-refractivity contribution in [1.82, 2.24) is 20.1 Å². The number of hydrogen-bond acceptors (Lipinski definition) is 6. The predicted octanol–water partition coefficient (Wildman–Crippen LogP) is -0.318. The van der Waals surface area contributed by atoms with Gasteiger partial charge >= 0.3 is 0 Å². The number of hydrogen-bond donors (Lipinski definition) is 2. The van der Waals surface area contributed by atoms with Crippen molar-refractivity contribution in [1.29, 1.82) is 5.26 Å². The van der Waals surface area contributed by atoms with E-state index in [-0.39, 0.29) is 11.5 Å². The molecule has 0 aliphatic carbocycles. The van der Waals surface area contributed by atoms with Crippen molar-refractivity contribution in [2.24, 2.45) is 5.73 Å². The summed E-state index contributed by atoms with van der Waals surface area (Å²) < 4.78 is 0. The third-order valence-electron chi connectivity index (χ3n) is 3.73. The summed E-state index contributed by atoms with van der Waals surface area (Å²) in [6.07, 6.45) is 4.93. The lowest BCUT2D eigenvalue weighted by atomic mass is 10.2. The van der Waals surface area contributed by atoms with Gasteiger partial charge in [0.15, 0.2) is 0 Å². The Morgan fingerprint density at radius 3 is 2.83 bits per heavy atom. The minimum Gasteiger partial charge on any atom is -0.386 e. The molecule has 2 rings (SSSR count). The number of nitrogens with one attached hydrogen (secondary N) is 1. The van der Waals surface area contributed by atoms with Crippen LogP contribution in [0.2, 0.25) is 0 Å². The molecule has 3 N–H and O–H groups in total. The largest absolute Gasteiger partial charge is 0.386 e.